The van der Waals surface area contributed by atoms with E-state index in [4.69, 9.17) is 9.47 Å². The van der Waals surface area contributed by atoms with Gasteiger partial charge in [-0.15, -0.1) is 0 Å². The lowest BCUT2D eigenvalue weighted by atomic mass is 9.87. The van der Waals surface area contributed by atoms with Crippen molar-refractivity contribution in [3.63, 3.8) is 0 Å². The molecule has 1 amide bonds. The third-order valence-corrected chi connectivity index (χ3v) is 4.83. The first-order valence-corrected chi connectivity index (χ1v) is 7.88. The van der Waals surface area contributed by atoms with E-state index in [1.807, 2.05) is 0 Å². The summed E-state index contributed by atoms with van der Waals surface area (Å²) in [5.41, 5.74) is 0.397. The van der Waals surface area contributed by atoms with Crippen LogP contribution in [0.25, 0.3) is 0 Å². The number of carbonyl (C=O) groups excluding carboxylic acids is 2. The van der Waals surface area contributed by atoms with Crippen LogP contribution in [-0.4, -0.2) is 53.3 Å². The zero-order chi connectivity index (χ0) is 17.3. The molecule has 0 aromatic heterocycles. The normalized spacial score (nSPS) is 28.3. The number of carbonyl (C=O) groups is 3. The molecule has 0 aliphatic carbocycles. The number of esters is 2. The van der Waals surface area contributed by atoms with Crippen molar-refractivity contribution in [2.75, 3.05) is 7.11 Å². The molecule has 0 spiro atoms. The number of benzene rings is 1. The van der Waals surface area contributed by atoms with Gasteiger partial charge in [-0.3, -0.25) is 4.79 Å². The van der Waals surface area contributed by atoms with E-state index in [0.717, 1.165) is 0 Å². The van der Waals surface area contributed by atoms with Crippen LogP contribution in [0.4, 0.5) is 4.79 Å². The molecule has 0 saturated carbocycles. The zero-order valence-corrected chi connectivity index (χ0v) is 13.3. The average molecular weight is 333 g/mol. The number of hydrogen-bond acceptors (Lipinski definition) is 5. The maximum atomic E-state index is 12.3. The van der Waals surface area contributed by atoms with Gasteiger partial charge in [-0.2, -0.15) is 0 Å². The minimum absolute atomic E-state index is 0.234. The summed E-state index contributed by atoms with van der Waals surface area (Å²) in [6.07, 6.45) is -0.205. The molecule has 2 bridgehead atoms. The number of rotatable bonds is 3. The molecule has 2 aliphatic heterocycles. The van der Waals surface area contributed by atoms with Crippen molar-refractivity contribution >= 4 is 18.0 Å². The molecule has 3 rings (SSSR count). The maximum Gasteiger partial charge on any atom is 0.407 e. The number of nitrogens with zero attached hydrogens (tertiary/aromatic N) is 1. The van der Waals surface area contributed by atoms with E-state index in [2.05, 4.69) is 0 Å². The van der Waals surface area contributed by atoms with E-state index in [9.17, 15) is 19.5 Å². The van der Waals surface area contributed by atoms with Crippen LogP contribution in [0, 0.1) is 5.92 Å². The fourth-order valence-electron chi connectivity index (χ4n) is 3.80. The molecule has 2 fully saturated rings. The van der Waals surface area contributed by atoms with Crippen LogP contribution >= 0.6 is 0 Å². The van der Waals surface area contributed by atoms with Gasteiger partial charge in [0.2, 0.25) is 0 Å². The third kappa shape index (κ3) is 2.81. The highest BCUT2D eigenvalue weighted by Crippen LogP contribution is 2.41. The van der Waals surface area contributed by atoms with Crippen LogP contribution in [0.1, 0.15) is 29.6 Å². The minimum Gasteiger partial charge on any atom is -0.469 e. The lowest BCUT2D eigenvalue weighted by molar-refractivity contribution is -0.155. The minimum atomic E-state index is -1.05. The standard InChI is InChI=1S/C17H19NO6/c1-23-16(20)14-12-8-7-11(18(12)17(21)22)9-13(14)24-15(19)10-5-3-2-4-6-10/h2-6,11-14H,7-9H2,1H3,(H,21,22)/t11-,12-,13-,14+/m1/s1. The molecule has 0 radical (unpaired) electrons. The molecule has 24 heavy (non-hydrogen) atoms. The van der Waals surface area contributed by atoms with Gasteiger partial charge in [0.05, 0.1) is 18.7 Å². The molecule has 2 heterocycles. The molecule has 7 nitrogen and oxygen atoms in total. The fourth-order valence-corrected chi connectivity index (χ4v) is 3.80. The Morgan fingerprint density at radius 2 is 1.88 bits per heavy atom. The number of piperidine rings is 1. The highest BCUT2D eigenvalue weighted by molar-refractivity contribution is 5.89. The smallest absolute Gasteiger partial charge is 0.407 e. The van der Waals surface area contributed by atoms with E-state index >= 15 is 0 Å². The molecule has 1 aromatic rings. The second-order valence-electron chi connectivity index (χ2n) is 6.08. The van der Waals surface area contributed by atoms with Crippen molar-refractivity contribution in [3.8, 4) is 0 Å². The third-order valence-electron chi connectivity index (χ3n) is 4.83. The van der Waals surface area contributed by atoms with E-state index in [1.165, 1.54) is 12.0 Å². The highest BCUT2D eigenvalue weighted by Gasteiger charge is 2.54. The van der Waals surface area contributed by atoms with Gasteiger partial charge in [-0.05, 0) is 25.0 Å². The van der Waals surface area contributed by atoms with E-state index in [-0.39, 0.29) is 6.04 Å². The Morgan fingerprint density at radius 3 is 2.50 bits per heavy atom. The maximum absolute atomic E-state index is 12.3. The van der Waals surface area contributed by atoms with Gasteiger partial charge in [0, 0.05) is 12.5 Å². The van der Waals surface area contributed by atoms with Crippen LogP contribution in [0.15, 0.2) is 30.3 Å². The number of hydrogen-bond donors (Lipinski definition) is 1. The molecular formula is C17H19NO6. The second-order valence-corrected chi connectivity index (χ2v) is 6.08. The molecule has 0 unspecified atom stereocenters. The first kappa shape index (κ1) is 16.3. The van der Waals surface area contributed by atoms with Gasteiger partial charge in [-0.1, -0.05) is 18.2 Å². The number of carboxylic acid groups (broad SMARTS) is 1. The lowest BCUT2D eigenvalue weighted by Crippen LogP contribution is -2.56. The van der Waals surface area contributed by atoms with E-state index in [0.29, 0.717) is 24.8 Å². The van der Waals surface area contributed by atoms with Crippen molar-refractivity contribution in [2.24, 2.45) is 5.92 Å². The molecule has 7 heteroatoms. The molecule has 128 valence electrons. The Morgan fingerprint density at radius 1 is 1.17 bits per heavy atom. The summed E-state index contributed by atoms with van der Waals surface area (Å²) in [7, 11) is 1.25. The average Bonchev–Trinajstić information content (AvgIpc) is 2.90. The van der Waals surface area contributed by atoms with Crippen molar-refractivity contribution in [2.45, 2.75) is 37.5 Å². The van der Waals surface area contributed by atoms with Gasteiger partial charge in [0.1, 0.15) is 12.0 Å². The van der Waals surface area contributed by atoms with Crippen LogP contribution in [0.5, 0.6) is 0 Å². The lowest BCUT2D eigenvalue weighted by Gasteiger charge is -2.41. The molecule has 2 saturated heterocycles. The highest BCUT2D eigenvalue weighted by atomic mass is 16.6. The first-order chi connectivity index (χ1) is 11.5. The Labute approximate surface area is 139 Å². The Hall–Kier alpha value is -2.57. The summed E-state index contributed by atoms with van der Waals surface area (Å²) in [6, 6.07) is 7.77. The second kappa shape index (κ2) is 6.51. The summed E-state index contributed by atoms with van der Waals surface area (Å²) in [5.74, 6) is -1.85. The molecule has 1 aromatic carbocycles. The van der Waals surface area contributed by atoms with Gasteiger partial charge in [-0.25, -0.2) is 9.59 Å². The fraction of sp³-hybridized carbons (Fsp3) is 0.471. The summed E-state index contributed by atoms with van der Waals surface area (Å²) in [4.78, 5) is 37.3. The quantitative estimate of drug-likeness (QED) is 0.850. The zero-order valence-electron chi connectivity index (χ0n) is 13.3. The molecular weight excluding hydrogens is 314 g/mol. The molecule has 1 N–H and O–H groups in total. The Bertz CT molecular complexity index is 646. The Balaban J connectivity index is 1.83. The Kier molecular flexibility index (Phi) is 4.42. The number of fused-ring (bicyclic) bond motifs is 2. The van der Waals surface area contributed by atoms with Gasteiger partial charge >= 0.3 is 18.0 Å². The van der Waals surface area contributed by atoms with Gasteiger partial charge < -0.3 is 19.5 Å². The van der Waals surface area contributed by atoms with Crippen molar-refractivity contribution in [1.29, 1.82) is 0 Å². The number of ether oxygens (including phenoxy) is 2. The molecule has 2 aliphatic rings. The number of amides is 1. The van der Waals surface area contributed by atoms with Crippen molar-refractivity contribution in [3.05, 3.63) is 35.9 Å². The summed E-state index contributed by atoms with van der Waals surface area (Å²) in [5, 5.41) is 9.40. The van der Waals surface area contributed by atoms with Crippen LogP contribution in [-0.2, 0) is 14.3 Å². The van der Waals surface area contributed by atoms with Crippen LogP contribution < -0.4 is 0 Å². The summed E-state index contributed by atoms with van der Waals surface area (Å²) < 4.78 is 10.4. The largest absolute Gasteiger partial charge is 0.469 e. The topological polar surface area (TPSA) is 93.1 Å². The van der Waals surface area contributed by atoms with Gasteiger partial charge in [0.25, 0.3) is 0 Å². The van der Waals surface area contributed by atoms with E-state index in [1.54, 1.807) is 30.3 Å². The molecule has 4 atom stereocenters. The van der Waals surface area contributed by atoms with Crippen molar-refractivity contribution in [1.82, 2.24) is 4.90 Å². The number of methoxy groups -OCH3 is 1. The van der Waals surface area contributed by atoms with Crippen LogP contribution in [0.2, 0.25) is 0 Å². The summed E-state index contributed by atoms with van der Waals surface area (Å²) in [6.45, 7) is 0. The monoisotopic (exact) mass is 333 g/mol. The summed E-state index contributed by atoms with van der Waals surface area (Å²) >= 11 is 0. The SMILES string of the molecule is COC(=O)[C@H]1[C@H]2CC[C@H](C[C@H]1OC(=O)c1ccccc1)N2C(=O)O. The van der Waals surface area contributed by atoms with Crippen LogP contribution in [0.3, 0.4) is 0 Å². The van der Waals surface area contributed by atoms with Crippen molar-refractivity contribution < 1.29 is 29.0 Å². The first-order valence-electron chi connectivity index (χ1n) is 7.88. The predicted molar refractivity (Wildman–Crippen MR) is 82.4 cm³/mol. The van der Waals surface area contributed by atoms with Gasteiger partial charge in [0.15, 0.2) is 0 Å². The predicted octanol–water partition coefficient (Wildman–Crippen LogP) is 1.92. The van der Waals surface area contributed by atoms with E-state index < -0.39 is 36.1 Å².